The summed E-state index contributed by atoms with van der Waals surface area (Å²) in [5, 5.41) is 13.7. The molecule has 3 rings (SSSR count). The lowest BCUT2D eigenvalue weighted by Crippen LogP contribution is -1.92. The highest BCUT2D eigenvalue weighted by Crippen LogP contribution is 2.44. The van der Waals surface area contributed by atoms with Crippen molar-refractivity contribution in [3.8, 4) is 16.9 Å². The average molecular weight is 396 g/mol. The van der Waals surface area contributed by atoms with Crippen LogP contribution in [-0.4, -0.2) is 5.11 Å². The third-order valence-corrected chi connectivity index (χ3v) is 5.22. The van der Waals surface area contributed by atoms with Crippen LogP contribution in [0, 0.1) is 13.8 Å². The lowest BCUT2D eigenvalue weighted by Gasteiger charge is -2.16. The van der Waals surface area contributed by atoms with Crippen LogP contribution >= 0.6 is 39.1 Å². The number of aromatic hydroxyl groups is 1. The van der Waals surface area contributed by atoms with Gasteiger partial charge >= 0.3 is 0 Å². The molecule has 0 spiro atoms. The molecule has 0 saturated carbocycles. The van der Waals surface area contributed by atoms with Gasteiger partial charge in [-0.3, -0.25) is 0 Å². The smallest absolute Gasteiger partial charge is 0.124 e. The predicted molar refractivity (Wildman–Crippen MR) is 98.2 cm³/mol. The number of fused-ring (bicyclic) bond motifs is 1. The van der Waals surface area contributed by atoms with Crippen molar-refractivity contribution in [1.29, 1.82) is 0 Å². The molecule has 3 aromatic rings. The first-order valence-electron chi connectivity index (χ1n) is 6.77. The fourth-order valence-electron chi connectivity index (χ4n) is 2.69. The van der Waals surface area contributed by atoms with Crippen molar-refractivity contribution in [3.05, 3.63) is 62.0 Å². The van der Waals surface area contributed by atoms with Gasteiger partial charge in [0, 0.05) is 20.6 Å². The number of rotatable bonds is 1. The van der Waals surface area contributed by atoms with Crippen LogP contribution < -0.4 is 0 Å². The Kier molecular flexibility index (Phi) is 4.11. The number of hydrogen-bond donors (Lipinski definition) is 1. The summed E-state index contributed by atoms with van der Waals surface area (Å²) in [6.45, 7) is 3.83. The molecule has 0 fully saturated rings. The molecule has 0 aromatic heterocycles. The van der Waals surface area contributed by atoms with Crippen LogP contribution in [0.15, 0.2) is 40.9 Å². The normalized spacial score (nSPS) is 11.1. The molecule has 0 amide bonds. The molecule has 3 aromatic carbocycles. The van der Waals surface area contributed by atoms with Gasteiger partial charge in [0.1, 0.15) is 5.75 Å². The van der Waals surface area contributed by atoms with Crippen LogP contribution in [0.2, 0.25) is 10.0 Å². The van der Waals surface area contributed by atoms with E-state index in [9.17, 15) is 5.11 Å². The highest BCUT2D eigenvalue weighted by Gasteiger charge is 2.18. The van der Waals surface area contributed by atoms with E-state index in [4.69, 9.17) is 23.2 Å². The second-order valence-electron chi connectivity index (χ2n) is 5.31. The Hall–Kier alpha value is -1.22. The molecule has 22 heavy (non-hydrogen) atoms. The molecule has 0 radical (unpaired) electrons. The van der Waals surface area contributed by atoms with Gasteiger partial charge in [0.15, 0.2) is 0 Å². The molecule has 4 heteroatoms. The van der Waals surface area contributed by atoms with E-state index < -0.39 is 0 Å². The largest absolute Gasteiger partial charge is 0.507 e. The molecule has 112 valence electrons. The molecular weight excluding hydrogens is 383 g/mol. The SMILES string of the molecule is Cc1cc(Cl)c(C)c(-c2c(O)ccc3cc(Br)ccc23)c1Cl. The molecule has 1 N–H and O–H groups in total. The Morgan fingerprint density at radius 2 is 1.68 bits per heavy atom. The summed E-state index contributed by atoms with van der Waals surface area (Å²) in [5.41, 5.74) is 3.26. The molecule has 0 heterocycles. The van der Waals surface area contributed by atoms with Crippen LogP contribution in [0.4, 0.5) is 0 Å². The van der Waals surface area contributed by atoms with Crippen LogP contribution in [0.3, 0.4) is 0 Å². The van der Waals surface area contributed by atoms with E-state index in [-0.39, 0.29) is 5.75 Å². The van der Waals surface area contributed by atoms with Gasteiger partial charge in [-0.25, -0.2) is 0 Å². The Bertz CT molecular complexity index is 877. The van der Waals surface area contributed by atoms with Gasteiger partial charge in [0.2, 0.25) is 0 Å². The predicted octanol–water partition coefficient (Wildman–Crippen LogP) is 6.90. The zero-order valence-corrected chi connectivity index (χ0v) is 15.1. The maximum absolute atomic E-state index is 10.4. The Morgan fingerprint density at radius 1 is 0.955 bits per heavy atom. The Morgan fingerprint density at radius 3 is 2.41 bits per heavy atom. The molecule has 0 aliphatic carbocycles. The summed E-state index contributed by atoms with van der Waals surface area (Å²) in [5.74, 6) is 0.196. The van der Waals surface area contributed by atoms with Crippen LogP contribution in [0.25, 0.3) is 21.9 Å². The standard InChI is InChI=1S/C18H13BrCl2O/c1-9-7-14(20)10(2)16(18(9)21)17-13-5-4-12(19)8-11(13)3-6-15(17)22/h3-8,22H,1-2H3. The van der Waals surface area contributed by atoms with E-state index in [1.807, 2.05) is 44.2 Å². The summed E-state index contributed by atoms with van der Waals surface area (Å²) < 4.78 is 0.988. The van der Waals surface area contributed by atoms with Crippen molar-refractivity contribution < 1.29 is 5.11 Å². The van der Waals surface area contributed by atoms with Crippen molar-refractivity contribution >= 4 is 49.9 Å². The number of phenolic OH excluding ortho intramolecular Hbond substituents is 1. The van der Waals surface area contributed by atoms with Crippen molar-refractivity contribution in [2.75, 3.05) is 0 Å². The fourth-order valence-corrected chi connectivity index (χ4v) is 3.62. The van der Waals surface area contributed by atoms with Gasteiger partial charge < -0.3 is 5.11 Å². The second kappa shape index (κ2) is 5.77. The molecule has 1 nitrogen and oxygen atoms in total. The average Bonchev–Trinajstić information content (AvgIpc) is 2.47. The lowest BCUT2D eigenvalue weighted by atomic mass is 9.93. The molecule has 0 saturated heterocycles. The highest BCUT2D eigenvalue weighted by molar-refractivity contribution is 9.10. The van der Waals surface area contributed by atoms with E-state index >= 15 is 0 Å². The number of halogens is 3. The zero-order chi connectivity index (χ0) is 16.0. The van der Waals surface area contributed by atoms with E-state index in [1.54, 1.807) is 6.07 Å². The molecule has 0 atom stereocenters. The van der Waals surface area contributed by atoms with Gasteiger partial charge in [0.25, 0.3) is 0 Å². The number of hydrogen-bond acceptors (Lipinski definition) is 1. The minimum atomic E-state index is 0.196. The van der Waals surface area contributed by atoms with E-state index in [1.165, 1.54) is 0 Å². The maximum atomic E-state index is 10.4. The summed E-state index contributed by atoms with van der Waals surface area (Å²) in [7, 11) is 0. The third-order valence-electron chi connectivity index (χ3n) is 3.85. The number of aryl methyl sites for hydroxylation is 1. The fraction of sp³-hybridized carbons (Fsp3) is 0.111. The van der Waals surface area contributed by atoms with Gasteiger partial charge in [0.05, 0.1) is 5.02 Å². The Balaban J connectivity index is 2.48. The molecule has 0 aliphatic heterocycles. The molecule has 0 bridgehead atoms. The van der Waals surface area contributed by atoms with Crippen LogP contribution in [0.5, 0.6) is 5.75 Å². The summed E-state index contributed by atoms with van der Waals surface area (Å²) >= 11 is 16.3. The van der Waals surface area contributed by atoms with Crippen LogP contribution in [-0.2, 0) is 0 Å². The van der Waals surface area contributed by atoms with Crippen molar-refractivity contribution in [2.24, 2.45) is 0 Å². The van der Waals surface area contributed by atoms with E-state index in [0.717, 1.165) is 37.5 Å². The topological polar surface area (TPSA) is 20.2 Å². The quantitative estimate of drug-likeness (QED) is 0.475. The van der Waals surface area contributed by atoms with Crippen LogP contribution in [0.1, 0.15) is 11.1 Å². The minimum Gasteiger partial charge on any atom is -0.507 e. The van der Waals surface area contributed by atoms with Gasteiger partial charge in [-0.05, 0) is 60.0 Å². The van der Waals surface area contributed by atoms with Crippen molar-refractivity contribution in [3.63, 3.8) is 0 Å². The van der Waals surface area contributed by atoms with E-state index in [0.29, 0.717) is 10.0 Å². The third kappa shape index (κ3) is 2.50. The monoisotopic (exact) mass is 394 g/mol. The van der Waals surface area contributed by atoms with Gasteiger partial charge in [-0.15, -0.1) is 0 Å². The highest BCUT2D eigenvalue weighted by atomic mass is 79.9. The number of phenols is 1. The lowest BCUT2D eigenvalue weighted by molar-refractivity contribution is 0.478. The summed E-state index contributed by atoms with van der Waals surface area (Å²) in [4.78, 5) is 0. The van der Waals surface area contributed by atoms with Gasteiger partial charge in [-0.1, -0.05) is 51.3 Å². The molecule has 0 unspecified atom stereocenters. The first kappa shape index (κ1) is 15.7. The van der Waals surface area contributed by atoms with Gasteiger partial charge in [-0.2, -0.15) is 0 Å². The molecular formula is C18H13BrCl2O. The van der Waals surface area contributed by atoms with Crippen molar-refractivity contribution in [2.45, 2.75) is 13.8 Å². The van der Waals surface area contributed by atoms with Crippen molar-refractivity contribution in [1.82, 2.24) is 0 Å². The first-order chi connectivity index (χ1) is 10.4. The maximum Gasteiger partial charge on any atom is 0.124 e. The number of benzene rings is 3. The molecule has 0 aliphatic rings. The summed E-state index contributed by atoms with van der Waals surface area (Å²) in [6, 6.07) is 11.4. The summed E-state index contributed by atoms with van der Waals surface area (Å²) in [6.07, 6.45) is 0. The Labute approximate surface area is 147 Å². The zero-order valence-electron chi connectivity index (χ0n) is 12.0. The second-order valence-corrected chi connectivity index (χ2v) is 7.02. The van der Waals surface area contributed by atoms with E-state index in [2.05, 4.69) is 15.9 Å². The minimum absolute atomic E-state index is 0.196. The first-order valence-corrected chi connectivity index (χ1v) is 8.32.